The van der Waals surface area contributed by atoms with E-state index in [-0.39, 0.29) is 23.3 Å². The Morgan fingerprint density at radius 2 is 1.57 bits per heavy atom. The topological polar surface area (TPSA) is 129 Å². The Morgan fingerprint density at radius 1 is 0.929 bits per heavy atom. The van der Waals surface area contributed by atoms with Gasteiger partial charge in [0.15, 0.2) is 0 Å². The van der Waals surface area contributed by atoms with Crippen molar-refractivity contribution in [3.63, 3.8) is 0 Å². The predicted molar refractivity (Wildman–Crippen MR) is 165 cm³/mol. The Kier molecular flexibility index (Phi) is 9.42. The van der Waals surface area contributed by atoms with E-state index < -0.39 is 30.7 Å². The first-order chi connectivity index (χ1) is 20.1. The fourth-order valence-corrected chi connectivity index (χ4v) is 7.42. The molecule has 0 spiro atoms. The van der Waals surface area contributed by atoms with Crippen molar-refractivity contribution in [2.24, 2.45) is 28.7 Å². The minimum absolute atomic E-state index is 0.000730. The van der Waals surface area contributed by atoms with Gasteiger partial charge in [0, 0.05) is 6.42 Å². The van der Waals surface area contributed by atoms with Crippen LogP contribution in [0.4, 0.5) is 0 Å². The van der Waals surface area contributed by atoms with Crippen LogP contribution in [0.5, 0.6) is 0 Å². The fraction of sp³-hybridized carbons (Fsp3) is 0.576. The van der Waals surface area contributed by atoms with E-state index in [1.807, 2.05) is 60.7 Å². The van der Waals surface area contributed by atoms with E-state index >= 15 is 0 Å². The highest BCUT2D eigenvalue weighted by Crippen LogP contribution is 2.65. The molecular formula is C33H47BN4O4. The normalized spacial score (nSPS) is 27.7. The Labute approximate surface area is 250 Å². The van der Waals surface area contributed by atoms with Gasteiger partial charge in [0.1, 0.15) is 6.04 Å². The summed E-state index contributed by atoms with van der Waals surface area (Å²) in [6.07, 6.45) is 5.09. The maximum absolute atomic E-state index is 14.0. The molecule has 7 atom stereocenters. The van der Waals surface area contributed by atoms with E-state index in [2.05, 4.69) is 31.4 Å². The molecule has 2 aromatic rings. The highest BCUT2D eigenvalue weighted by molar-refractivity contribution is 6.48. The van der Waals surface area contributed by atoms with Crippen LogP contribution >= 0.6 is 0 Å². The third kappa shape index (κ3) is 6.44. The van der Waals surface area contributed by atoms with Crippen molar-refractivity contribution in [1.82, 2.24) is 10.6 Å². The Bertz CT molecular complexity index is 1220. The smallest absolute Gasteiger partial charge is 0.404 e. The average molecular weight is 575 g/mol. The van der Waals surface area contributed by atoms with Gasteiger partial charge in [0.05, 0.1) is 23.7 Å². The molecule has 2 amide bonds. The number of amides is 2. The van der Waals surface area contributed by atoms with E-state index in [1.165, 1.54) is 0 Å². The van der Waals surface area contributed by atoms with E-state index in [0.717, 1.165) is 36.8 Å². The molecule has 4 fully saturated rings. The van der Waals surface area contributed by atoms with Crippen LogP contribution < -0.4 is 22.1 Å². The van der Waals surface area contributed by atoms with Crippen LogP contribution in [0.15, 0.2) is 60.7 Å². The molecular weight excluding hydrogens is 527 g/mol. The zero-order valence-electron chi connectivity index (χ0n) is 25.3. The van der Waals surface area contributed by atoms with Gasteiger partial charge in [-0.25, -0.2) is 0 Å². The summed E-state index contributed by atoms with van der Waals surface area (Å²) in [5.74, 6) is -0.00544. The van der Waals surface area contributed by atoms with Gasteiger partial charge in [-0.1, -0.05) is 80.9 Å². The zero-order chi connectivity index (χ0) is 29.9. The Morgan fingerprint density at radius 3 is 2.19 bits per heavy atom. The van der Waals surface area contributed by atoms with E-state index in [0.29, 0.717) is 37.6 Å². The summed E-state index contributed by atoms with van der Waals surface area (Å²) in [6, 6.07) is 18.3. The molecule has 3 aliphatic carbocycles. The number of nitrogens with two attached hydrogens (primary N) is 2. The average Bonchev–Trinajstić information content (AvgIpc) is 3.34. The van der Waals surface area contributed by atoms with Crippen molar-refractivity contribution in [2.75, 3.05) is 6.54 Å². The maximum atomic E-state index is 14.0. The summed E-state index contributed by atoms with van der Waals surface area (Å²) in [4.78, 5) is 27.1. The first-order valence-corrected chi connectivity index (χ1v) is 15.6. The third-order valence-electron chi connectivity index (χ3n) is 10.1. The molecule has 0 unspecified atom stereocenters. The van der Waals surface area contributed by atoms with E-state index in [9.17, 15) is 9.59 Å². The number of carbonyl (C=O) groups is 2. The van der Waals surface area contributed by atoms with Crippen molar-refractivity contribution in [3.8, 4) is 0 Å². The first kappa shape index (κ1) is 30.7. The van der Waals surface area contributed by atoms with Crippen molar-refractivity contribution in [3.05, 3.63) is 71.8 Å². The number of hydrogen-bond donors (Lipinski definition) is 4. The second kappa shape index (κ2) is 12.9. The minimum Gasteiger partial charge on any atom is -0.404 e. The van der Waals surface area contributed by atoms with Crippen molar-refractivity contribution < 1.29 is 18.9 Å². The van der Waals surface area contributed by atoms with Gasteiger partial charge < -0.3 is 31.4 Å². The molecule has 9 heteroatoms. The predicted octanol–water partition coefficient (Wildman–Crippen LogP) is 3.17. The van der Waals surface area contributed by atoms with Crippen LogP contribution in [0, 0.1) is 17.3 Å². The molecule has 6 rings (SSSR count). The number of unbranched alkanes of at least 4 members (excludes halogenated alkanes) is 1. The number of carbonyl (C=O) groups excluding carboxylic acids is 2. The van der Waals surface area contributed by atoms with E-state index in [4.69, 9.17) is 20.8 Å². The molecule has 2 aromatic carbocycles. The lowest BCUT2D eigenvalue weighted by atomic mass is 9.43. The van der Waals surface area contributed by atoms with Crippen LogP contribution in [-0.2, 0) is 31.7 Å². The highest BCUT2D eigenvalue weighted by Gasteiger charge is 2.68. The second-order valence-electron chi connectivity index (χ2n) is 13.3. The molecule has 0 aromatic heterocycles. The van der Waals surface area contributed by atoms with Gasteiger partial charge in [-0.15, -0.1) is 0 Å². The van der Waals surface area contributed by atoms with Crippen molar-refractivity contribution in [2.45, 2.75) is 95.4 Å². The van der Waals surface area contributed by atoms with Gasteiger partial charge in [0.2, 0.25) is 11.8 Å². The van der Waals surface area contributed by atoms with E-state index in [1.54, 1.807) is 0 Å². The molecule has 4 aliphatic rings. The lowest BCUT2D eigenvalue weighted by Gasteiger charge is -2.64. The highest BCUT2D eigenvalue weighted by atomic mass is 16.7. The zero-order valence-corrected chi connectivity index (χ0v) is 25.3. The molecule has 3 saturated carbocycles. The monoisotopic (exact) mass is 574 g/mol. The van der Waals surface area contributed by atoms with Crippen LogP contribution in [0.25, 0.3) is 0 Å². The third-order valence-corrected chi connectivity index (χ3v) is 10.1. The number of nitrogens with one attached hydrogen (secondary N) is 2. The molecule has 1 heterocycles. The molecule has 8 nitrogen and oxygen atoms in total. The molecule has 42 heavy (non-hydrogen) atoms. The van der Waals surface area contributed by atoms with Gasteiger partial charge in [-0.2, -0.15) is 0 Å². The number of hydrogen-bond acceptors (Lipinski definition) is 6. The van der Waals surface area contributed by atoms with Crippen molar-refractivity contribution in [1.29, 1.82) is 0 Å². The summed E-state index contributed by atoms with van der Waals surface area (Å²) < 4.78 is 13.4. The Balaban J connectivity index is 1.34. The number of rotatable bonds is 13. The lowest BCUT2D eigenvalue weighted by Crippen LogP contribution is -2.65. The van der Waals surface area contributed by atoms with Crippen LogP contribution in [0.2, 0.25) is 0 Å². The van der Waals surface area contributed by atoms with Crippen LogP contribution in [0.1, 0.15) is 64.0 Å². The molecule has 6 N–H and O–H groups in total. The summed E-state index contributed by atoms with van der Waals surface area (Å²) in [6.45, 7) is 7.42. The van der Waals surface area contributed by atoms with Gasteiger partial charge in [-0.05, 0) is 74.0 Å². The minimum atomic E-state index is -0.801. The Hall–Kier alpha value is -2.72. The van der Waals surface area contributed by atoms with Crippen LogP contribution in [0.3, 0.4) is 0 Å². The molecule has 2 bridgehead atoms. The number of benzene rings is 2. The van der Waals surface area contributed by atoms with Crippen LogP contribution in [-0.4, -0.2) is 55.2 Å². The summed E-state index contributed by atoms with van der Waals surface area (Å²) in [5.41, 5.74) is 13.7. The van der Waals surface area contributed by atoms with Gasteiger partial charge in [0.25, 0.3) is 0 Å². The molecule has 1 saturated heterocycles. The largest absolute Gasteiger partial charge is 0.482 e. The lowest BCUT2D eigenvalue weighted by molar-refractivity contribution is -0.199. The molecule has 0 radical (unpaired) electrons. The molecule has 1 aliphatic heterocycles. The maximum Gasteiger partial charge on any atom is 0.482 e. The van der Waals surface area contributed by atoms with Gasteiger partial charge >= 0.3 is 7.12 Å². The summed E-state index contributed by atoms with van der Waals surface area (Å²) >= 11 is 0. The summed E-state index contributed by atoms with van der Waals surface area (Å²) in [7, 11) is -0.592. The fourth-order valence-electron chi connectivity index (χ4n) is 7.42. The molecule has 226 valence electrons. The van der Waals surface area contributed by atoms with Crippen molar-refractivity contribution >= 4 is 18.9 Å². The van der Waals surface area contributed by atoms with Gasteiger partial charge in [-0.3, -0.25) is 9.59 Å². The summed E-state index contributed by atoms with van der Waals surface area (Å²) in [5, 5.41) is 6.18. The first-order valence-electron chi connectivity index (χ1n) is 15.6. The standard InChI is InChI=1S/C33H47BN4O4/c1-32(2)24-20-27(32)33(3)28(21-24)41-34(42-33)29(19-23-14-8-5-9-15-23)38-31(40)26(18-22-12-6-4-7-13-22)37-30(39)25(36)16-10-11-17-35/h4-9,12-15,24-29H,10-11,16-21,35-36H2,1-3H3,(H,37,39)(H,38,40)/t24-,25-,26-,27-,28+,29-,33-/m0/s1. The SMILES string of the molecule is CC1(C)[C@@H]2C[C@H]3OB([C@H](Cc4ccccc4)NC(=O)[C@H](Cc4ccccc4)NC(=O)[C@@H](N)CCCCN)O[C@@]3(C)[C@H]1C2. The second-order valence-corrected chi connectivity index (χ2v) is 13.3. The quantitative estimate of drug-likeness (QED) is 0.215.